The summed E-state index contributed by atoms with van der Waals surface area (Å²) >= 11 is 28.1. The smallest absolute Gasteiger partial charge is 0.100 e. The molecule has 0 aliphatic heterocycles. The van der Waals surface area contributed by atoms with E-state index in [1.807, 2.05) is 0 Å². The van der Waals surface area contributed by atoms with Gasteiger partial charge in [-0.1, -0.05) is 79.1 Å². The molecule has 6 rings (SSSR count). The van der Waals surface area contributed by atoms with Crippen LogP contribution in [0.15, 0.2) is 0 Å². The minimum absolute atomic E-state index is 0.262. The molecule has 4 heteroatoms. The highest BCUT2D eigenvalue weighted by Crippen LogP contribution is 2.78. The lowest BCUT2D eigenvalue weighted by atomic mass is 9.43. The normalized spacial score (nSPS) is 47.4. The van der Waals surface area contributed by atoms with Crippen molar-refractivity contribution in [3.05, 3.63) is 0 Å². The van der Waals surface area contributed by atoms with Gasteiger partial charge in [0.05, 0.1) is 0 Å². The predicted octanol–water partition coefficient (Wildman–Crippen LogP) is 13.5. The molecule has 0 N–H and O–H groups in total. The number of alkyl halides is 4. The van der Waals surface area contributed by atoms with E-state index in [0.29, 0.717) is 0 Å². The molecule has 0 bridgehead atoms. The van der Waals surface area contributed by atoms with Crippen LogP contribution in [0.4, 0.5) is 0 Å². The summed E-state index contributed by atoms with van der Waals surface area (Å²) in [7, 11) is 0. The molecule has 6 saturated carbocycles. The van der Waals surface area contributed by atoms with Gasteiger partial charge in [-0.25, -0.2) is 0 Å². The van der Waals surface area contributed by atoms with Crippen LogP contribution in [0.1, 0.15) is 169 Å². The number of hydrogen-bond acceptors (Lipinski definition) is 0. The first kappa shape index (κ1) is 32.6. The van der Waals surface area contributed by atoms with E-state index in [2.05, 4.69) is 27.7 Å². The summed E-state index contributed by atoms with van der Waals surface area (Å²) in [4.78, 5) is 0. The maximum atomic E-state index is 7.09. The topological polar surface area (TPSA) is 0 Å². The first-order valence-electron chi connectivity index (χ1n) is 17.6. The highest BCUT2D eigenvalue weighted by molar-refractivity contribution is 6.50. The second kappa shape index (κ2) is 12.2. The van der Waals surface area contributed by atoms with Gasteiger partial charge in [0.15, 0.2) is 0 Å². The maximum absolute atomic E-state index is 7.09. The Morgan fingerprint density at radius 2 is 0.700 bits per heavy atom. The lowest BCUT2D eigenvalue weighted by Crippen LogP contribution is -2.66. The zero-order valence-corrected chi connectivity index (χ0v) is 29.4. The SMILES string of the molecule is CC1CCC2(CC1)C[C@]1(CC[C@@H](C)CC1)C2(Cl)Cl.CCCC1CC[C@]2(CC1)C[C@@]1(CCC(CCC)CC1)C2(Cl)Cl. The monoisotopic (exact) mass is 632 g/mol. The van der Waals surface area contributed by atoms with Crippen molar-refractivity contribution in [1.82, 2.24) is 0 Å². The molecule has 0 amide bonds. The van der Waals surface area contributed by atoms with E-state index in [1.54, 1.807) is 0 Å². The van der Waals surface area contributed by atoms with Gasteiger partial charge in [-0.2, -0.15) is 0 Å². The van der Waals surface area contributed by atoms with Crippen LogP contribution in [-0.2, 0) is 0 Å². The first-order chi connectivity index (χ1) is 18.9. The van der Waals surface area contributed by atoms with Crippen LogP contribution in [0.5, 0.6) is 0 Å². The van der Waals surface area contributed by atoms with Gasteiger partial charge in [0, 0.05) is 21.7 Å². The van der Waals surface area contributed by atoms with Crippen molar-refractivity contribution in [3.63, 3.8) is 0 Å². The standard InChI is InChI=1S/C20H34Cl2.C16H26Cl2/c1-3-5-16-7-11-18(12-8-16)15-19(20(18,21)22)13-9-17(6-4-2)10-14-19;1-12-3-7-14(8-4-12)11-15(16(14,17)18)9-5-13(2)6-10-15/h16-17H,3-15H2,1-2H3;12-13H,3-11H2,1-2H3/t16?,17?,18-,19-;12-,13?,14-,15?. The summed E-state index contributed by atoms with van der Waals surface area (Å²) < 4.78 is -0.866. The summed E-state index contributed by atoms with van der Waals surface area (Å²) in [5.41, 5.74) is 1.06. The van der Waals surface area contributed by atoms with Crippen LogP contribution >= 0.6 is 46.4 Å². The Kier molecular flexibility index (Phi) is 9.90. The lowest BCUT2D eigenvalue weighted by molar-refractivity contribution is -0.115. The van der Waals surface area contributed by atoms with E-state index in [4.69, 9.17) is 46.4 Å². The third-order valence-electron chi connectivity index (χ3n) is 14.0. The van der Waals surface area contributed by atoms with Gasteiger partial charge in [0.2, 0.25) is 0 Å². The van der Waals surface area contributed by atoms with Gasteiger partial charge >= 0.3 is 0 Å². The van der Waals surface area contributed by atoms with E-state index in [1.165, 1.54) is 141 Å². The molecule has 6 aliphatic rings. The van der Waals surface area contributed by atoms with Crippen LogP contribution in [0, 0.1) is 45.3 Å². The fourth-order valence-corrected chi connectivity index (χ4v) is 13.1. The Bertz CT molecular complexity index is 765. The highest BCUT2D eigenvalue weighted by atomic mass is 35.5. The number of hydrogen-bond donors (Lipinski definition) is 0. The Balaban J connectivity index is 0.000000164. The van der Waals surface area contributed by atoms with Crippen molar-refractivity contribution in [2.75, 3.05) is 0 Å². The van der Waals surface area contributed by atoms with Gasteiger partial charge in [0.1, 0.15) is 8.67 Å². The van der Waals surface area contributed by atoms with E-state index in [0.717, 1.165) is 23.7 Å². The molecule has 0 heterocycles. The third-order valence-corrected chi connectivity index (χ3v) is 17.2. The second-order valence-corrected chi connectivity index (χ2v) is 19.1. The molecule has 0 radical (unpaired) electrons. The van der Waals surface area contributed by atoms with E-state index in [-0.39, 0.29) is 21.7 Å². The lowest BCUT2D eigenvalue weighted by Gasteiger charge is -2.69. The van der Waals surface area contributed by atoms with Gasteiger partial charge in [-0.05, 0) is 114 Å². The molecule has 0 aromatic carbocycles. The molecule has 4 spiro atoms. The average Bonchev–Trinajstić information content (AvgIpc) is 2.94. The zero-order valence-electron chi connectivity index (χ0n) is 26.4. The average molecular weight is 635 g/mol. The van der Waals surface area contributed by atoms with Gasteiger partial charge < -0.3 is 0 Å². The molecule has 40 heavy (non-hydrogen) atoms. The van der Waals surface area contributed by atoms with Gasteiger partial charge in [-0.3, -0.25) is 0 Å². The van der Waals surface area contributed by atoms with Crippen LogP contribution in [0.3, 0.4) is 0 Å². The van der Waals surface area contributed by atoms with E-state index < -0.39 is 8.67 Å². The minimum atomic E-state index is -0.436. The largest absolute Gasteiger partial charge is 0.129 e. The summed E-state index contributed by atoms with van der Waals surface area (Å²) in [5.74, 6) is 3.64. The third kappa shape index (κ3) is 5.36. The molecule has 6 fully saturated rings. The summed E-state index contributed by atoms with van der Waals surface area (Å²) in [5, 5.41) is 0. The van der Waals surface area contributed by atoms with E-state index >= 15 is 0 Å². The van der Waals surface area contributed by atoms with Crippen molar-refractivity contribution in [2.45, 2.75) is 178 Å². The van der Waals surface area contributed by atoms with Crippen molar-refractivity contribution in [1.29, 1.82) is 0 Å². The maximum Gasteiger partial charge on any atom is 0.129 e. The molecular weight excluding hydrogens is 574 g/mol. The molecule has 0 atom stereocenters. The Morgan fingerprint density at radius 1 is 0.450 bits per heavy atom. The molecule has 6 aliphatic carbocycles. The molecule has 0 aromatic heterocycles. The zero-order chi connectivity index (χ0) is 28.9. The Labute approximate surface area is 268 Å². The number of halogens is 4. The predicted molar refractivity (Wildman–Crippen MR) is 177 cm³/mol. The fraction of sp³-hybridized carbons (Fsp3) is 1.00. The summed E-state index contributed by atoms with van der Waals surface area (Å²) in [6.07, 6.45) is 29.0. The van der Waals surface area contributed by atoms with Crippen molar-refractivity contribution in [3.8, 4) is 0 Å². The van der Waals surface area contributed by atoms with Crippen LogP contribution in [0.2, 0.25) is 0 Å². The Hall–Kier alpha value is 1.16. The summed E-state index contributed by atoms with van der Waals surface area (Å²) in [6.45, 7) is 9.36. The van der Waals surface area contributed by atoms with E-state index in [9.17, 15) is 0 Å². The fourth-order valence-electron chi connectivity index (χ4n) is 11.1. The molecular formula is C36H60Cl4. The molecule has 0 aromatic rings. The quantitative estimate of drug-likeness (QED) is 0.270. The van der Waals surface area contributed by atoms with Gasteiger partial charge in [-0.15, -0.1) is 46.4 Å². The molecule has 0 saturated heterocycles. The number of rotatable bonds is 4. The molecule has 232 valence electrons. The first-order valence-corrected chi connectivity index (χ1v) is 19.2. The van der Waals surface area contributed by atoms with Crippen LogP contribution in [0.25, 0.3) is 0 Å². The minimum Gasteiger partial charge on any atom is -0.100 e. The van der Waals surface area contributed by atoms with Crippen molar-refractivity contribution in [2.24, 2.45) is 45.3 Å². The second-order valence-electron chi connectivity index (χ2n) is 16.5. The van der Waals surface area contributed by atoms with Crippen LogP contribution in [-0.4, -0.2) is 8.67 Å². The summed E-state index contributed by atoms with van der Waals surface area (Å²) in [6, 6.07) is 0. The van der Waals surface area contributed by atoms with Crippen molar-refractivity contribution >= 4 is 46.4 Å². The Morgan fingerprint density at radius 3 is 0.925 bits per heavy atom. The molecule has 0 nitrogen and oxygen atoms in total. The van der Waals surface area contributed by atoms with Crippen molar-refractivity contribution < 1.29 is 0 Å². The van der Waals surface area contributed by atoms with Gasteiger partial charge in [0.25, 0.3) is 0 Å². The highest BCUT2D eigenvalue weighted by Gasteiger charge is 2.73. The van der Waals surface area contributed by atoms with Crippen LogP contribution < -0.4 is 0 Å². The molecule has 0 unspecified atom stereocenters.